The van der Waals surface area contributed by atoms with Crippen LogP contribution in [0.5, 0.6) is 0 Å². The van der Waals surface area contributed by atoms with E-state index in [0.29, 0.717) is 24.2 Å². The van der Waals surface area contributed by atoms with Crippen LogP contribution in [0, 0.1) is 11.3 Å². The highest BCUT2D eigenvalue weighted by atomic mass is 16.1. The molecule has 0 saturated carbocycles. The number of anilines is 1. The normalized spacial score (nSPS) is 10.0. The summed E-state index contributed by atoms with van der Waals surface area (Å²) in [5.41, 5.74) is 1.18. The summed E-state index contributed by atoms with van der Waals surface area (Å²) >= 11 is 0. The van der Waals surface area contributed by atoms with Crippen molar-refractivity contribution in [3.05, 3.63) is 48.0 Å². The number of aryl methyl sites for hydroxylation is 2. The molecule has 0 aliphatic carbocycles. The van der Waals surface area contributed by atoms with Gasteiger partial charge < -0.3 is 9.88 Å². The molecule has 5 heteroatoms. The molecule has 1 heterocycles. The first-order valence-corrected chi connectivity index (χ1v) is 6.53. The number of nitriles is 1. The standard InChI is InChI=1S/C15H16N4O/c1-2-14-17-7-9-19(14)8-6-15(20)18-13-5-3-4-12(10-13)11-16/h3-5,7,9-10H,2,6,8H2,1H3,(H,18,20). The highest BCUT2D eigenvalue weighted by molar-refractivity contribution is 5.90. The molecule has 20 heavy (non-hydrogen) atoms. The summed E-state index contributed by atoms with van der Waals surface area (Å²) < 4.78 is 1.98. The Morgan fingerprint density at radius 1 is 1.50 bits per heavy atom. The van der Waals surface area contributed by atoms with Crippen molar-refractivity contribution in [3.63, 3.8) is 0 Å². The topological polar surface area (TPSA) is 70.7 Å². The smallest absolute Gasteiger partial charge is 0.226 e. The molecule has 1 amide bonds. The number of carbonyl (C=O) groups excluding carboxylic acids is 1. The minimum Gasteiger partial charge on any atom is -0.334 e. The lowest BCUT2D eigenvalue weighted by Crippen LogP contribution is -2.15. The van der Waals surface area contributed by atoms with E-state index in [1.807, 2.05) is 23.8 Å². The molecule has 0 aliphatic rings. The number of carbonyl (C=O) groups is 1. The van der Waals surface area contributed by atoms with Crippen molar-refractivity contribution in [1.29, 1.82) is 5.26 Å². The van der Waals surface area contributed by atoms with E-state index < -0.39 is 0 Å². The molecule has 102 valence electrons. The van der Waals surface area contributed by atoms with Gasteiger partial charge in [-0.1, -0.05) is 13.0 Å². The summed E-state index contributed by atoms with van der Waals surface area (Å²) in [7, 11) is 0. The largest absolute Gasteiger partial charge is 0.334 e. The van der Waals surface area contributed by atoms with E-state index >= 15 is 0 Å². The average molecular weight is 268 g/mol. The van der Waals surface area contributed by atoms with Gasteiger partial charge in [0.15, 0.2) is 0 Å². The molecule has 0 atom stereocenters. The molecule has 0 unspecified atom stereocenters. The molecular formula is C15H16N4O. The zero-order valence-electron chi connectivity index (χ0n) is 11.3. The Bertz CT molecular complexity index is 639. The van der Waals surface area contributed by atoms with Crippen molar-refractivity contribution >= 4 is 11.6 Å². The molecule has 0 fully saturated rings. The third-order valence-corrected chi connectivity index (χ3v) is 2.97. The quantitative estimate of drug-likeness (QED) is 0.904. The number of imidazole rings is 1. The Morgan fingerprint density at radius 2 is 2.35 bits per heavy atom. The second-order valence-corrected chi connectivity index (χ2v) is 4.38. The average Bonchev–Trinajstić information content (AvgIpc) is 2.93. The van der Waals surface area contributed by atoms with Crippen LogP contribution in [0.15, 0.2) is 36.7 Å². The minimum absolute atomic E-state index is 0.0733. The minimum atomic E-state index is -0.0733. The maximum Gasteiger partial charge on any atom is 0.226 e. The van der Waals surface area contributed by atoms with Crippen LogP contribution in [-0.4, -0.2) is 15.5 Å². The summed E-state index contributed by atoms with van der Waals surface area (Å²) in [6.45, 7) is 2.64. The predicted molar refractivity (Wildman–Crippen MR) is 76.0 cm³/mol. The third-order valence-electron chi connectivity index (χ3n) is 2.97. The van der Waals surface area contributed by atoms with Crippen LogP contribution in [-0.2, 0) is 17.8 Å². The van der Waals surface area contributed by atoms with Gasteiger partial charge in [0.25, 0.3) is 0 Å². The summed E-state index contributed by atoms with van der Waals surface area (Å²) in [6.07, 6.45) is 4.84. The predicted octanol–water partition coefficient (Wildman–Crippen LogP) is 2.35. The maximum atomic E-state index is 11.9. The van der Waals surface area contributed by atoms with Crippen molar-refractivity contribution in [1.82, 2.24) is 9.55 Å². The van der Waals surface area contributed by atoms with Crippen LogP contribution >= 0.6 is 0 Å². The van der Waals surface area contributed by atoms with Gasteiger partial charge in [0.2, 0.25) is 5.91 Å². The van der Waals surface area contributed by atoms with Crippen molar-refractivity contribution in [2.75, 3.05) is 5.32 Å². The maximum absolute atomic E-state index is 11.9. The summed E-state index contributed by atoms with van der Waals surface area (Å²) in [6, 6.07) is 8.93. The first-order chi connectivity index (χ1) is 9.72. The number of rotatable bonds is 5. The molecule has 2 rings (SSSR count). The number of hydrogen-bond acceptors (Lipinski definition) is 3. The summed E-state index contributed by atoms with van der Waals surface area (Å²) in [5, 5.41) is 11.6. The lowest BCUT2D eigenvalue weighted by atomic mass is 10.2. The van der Waals surface area contributed by atoms with Crippen LogP contribution < -0.4 is 5.32 Å². The van der Waals surface area contributed by atoms with Crippen LogP contribution in [0.25, 0.3) is 0 Å². The number of aromatic nitrogens is 2. The van der Waals surface area contributed by atoms with Crippen LogP contribution in [0.1, 0.15) is 24.7 Å². The van der Waals surface area contributed by atoms with E-state index in [9.17, 15) is 4.79 Å². The summed E-state index contributed by atoms with van der Waals surface area (Å²) in [5.74, 6) is 0.903. The van der Waals surface area contributed by atoms with Gasteiger partial charge in [-0.3, -0.25) is 4.79 Å². The van der Waals surface area contributed by atoms with Gasteiger partial charge in [-0.15, -0.1) is 0 Å². The van der Waals surface area contributed by atoms with E-state index in [-0.39, 0.29) is 5.91 Å². The van der Waals surface area contributed by atoms with Gasteiger partial charge in [-0.05, 0) is 18.2 Å². The molecule has 1 aromatic heterocycles. The Labute approximate surface area is 117 Å². The van der Waals surface area contributed by atoms with Gasteiger partial charge >= 0.3 is 0 Å². The van der Waals surface area contributed by atoms with Crippen LogP contribution in [0.4, 0.5) is 5.69 Å². The van der Waals surface area contributed by atoms with E-state index in [2.05, 4.69) is 10.3 Å². The van der Waals surface area contributed by atoms with E-state index in [1.165, 1.54) is 0 Å². The molecule has 0 spiro atoms. The Morgan fingerprint density at radius 3 is 3.10 bits per heavy atom. The number of benzene rings is 1. The third kappa shape index (κ3) is 3.45. The zero-order chi connectivity index (χ0) is 14.4. The molecule has 0 aliphatic heterocycles. The molecule has 1 N–H and O–H groups in total. The van der Waals surface area contributed by atoms with Gasteiger partial charge in [-0.2, -0.15) is 5.26 Å². The van der Waals surface area contributed by atoms with Crippen molar-refractivity contribution in [2.24, 2.45) is 0 Å². The lowest BCUT2D eigenvalue weighted by Gasteiger charge is -2.07. The Kier molecular flexibility index (Phi) is 4.51. The van der Waals surface area contributed by atoms with Gasteiger partial charge in [0.05, 0.1) is 11.6 Å². The molecule has 1 aromatic carbocycles. The van der Waals surface area contributed by atoms with Crippen molar-refractivity contribution < 1.29 is 4.79 Å². The molecule has 5 nitrogen and oxygen atoms in total. The van der Waals surface area contributed by atoms with Gasteiger partial charge in [0, 0.05) is 37.5 Å². The van der Waals surface area contributed by atoms with Crippen LogP contribution in [0.3, 0.4) is 0 Å². The molecular weight excluding hydrogens is 252 g/mol. The van der Waals surface area contributed by atoms with Crippen molar-refractivity contribution in [3.8, 4) is 6.07 Å². The first-order valence-electron chi connectivity index (χ1n) is 6.53. The van der Waals surface area contributed by atoms with E-state index in [1.54, 1.807) is 30.5 Å². The second-order valence-electron chi connectivity index (χ2n) is 4.38. The molecule has 0 saturated heterocycles. The monoisotopic (exact) mass is 268 g/mol. The molecule has 0 radical (unpaired) electrons. The van der Waals surface area contributed by atoms with E-state index in [0.717, 1.165) is 12.2 Å². The molecule has 0 bridgehead atoms. The number of amides is 1. The fourth-order valence-electron chi connectivity index (χ4n) is 1.97. The van der Waals surface area contributed by atoms with Gasteiger partial charge in [-0.25, -0.2) is 4.98 Å². The highest BCUT2D eigenvalue weighted by Gasteiger charge is 2.05. The SMILES string of the molecule is CCc1nccn1CCC(=O)Nc1cccc(C#N)c1. The fourth-order valence-corrected chi connectivity index (χ4v) is 1.97. The van der Waals surface area contributed by atoms with Crippen molar-refractivity contribution in [2.45, 2.75) is 26.3 Å². The molecule has 2 aromatic rings. The first kappa shape index (κ1) is 13.8. The van der Waals surface area contributed by atoms with Gasteiger partial charge in [0.1, 0.15) is 5.82 Å². The van der Waals surface area contributed by atoms with Crippen LogP contribution in [0.2, 0.25) is 0 Å². The highest BCUT2D eigenvalue weighted by Crippen LogP contribution is 2.10. The Hall–Kier alpha value is -2.61. The Balaban J connectivity index is 1.91. The number of nitrogens with one attached hydrogen (secondary N) is 1. The lowest BCUT2D eigenvalue weighted by molar-refractivity contribution is -0.116. The van der Waals surface area contributed by atoms with E-state index in [4.69, 9.17) is 5.26 Å². The number of nitrogens with zero attached hydrogens (tertiary/aromatic N) is 3. The number of hydrogen-bond donors (Lipinski definition) is 1. The summed E-state index contributed by atoms with van der Waals surface area (Å²) in [4.78, 5) is 16.1. The fraction of sp³-hybridized carbons (Fsp3) is 0.267. The second kappa shape index (κ2) is 6.53. The zero-order valence-corrected chi connectivity index (χ0v) is 11.3.